The predicted octanol–water partition coefficient (Wildman–Crippen LogP) is 1.75. The predicted molar refractivity (Wildman–Crippen MR) is 55.3 cm³/mol. The molecule has 4 heteroatoms. The minimum Gasteiger partial charge on any atom is -0.345 e. The van der Waals surface area contributed by atoms with Crippen molar-refractivity contribution in [3.63, 3.8) is 0 Å². The molecule has 2 N–H and O–H groups in total. The topological polar surface area (TPSA) is 57.8 Å². The third-order valence-electron chi connectivity index (χ3n) is 2.49. The van der Waals surface area contributed by atoms with Crippen molar-refractivity contribution in [3.8, 4) is 0 Å². The lowest BCUT2D eigenvalue weighted by Gasteiger charge is -2.07. The number of nitrogens with one attached hydrogen (secondary N) is 2. The van der Waals surface area contributed by atoms with Gasteiger partial charge in [-0.25, -0.2) is 4.98 Å². The SMILES string of the molecule is Cc1c(NC=O)cc2[nH]cnc2c1C. The van der Waals surface area contributed by atoms with Crippen molar-refractivity contribution in [1.82, 2.24) is 9.97 Å². The fourth-order valence-corrected chi connectivity index (χ4v) is 1.56. The van der Waals surface area contributed by atoms with Gasteiger partial charge in [0, 0.05) is 5.69 Å². The highest BCUT2D eigenvalue weighted by atomic mass is 16.1. The monoisotopic (exact) mass is 189 g/mol. The molecule has 0 saturated heterocycles. The highest BCUT2D eigenvalue weighted by Gasteiger charge is 2.07. The molecule has 0 bridgehead atoms. The van der Waals surface area contributed by atoms with E-state index in [-0.39, 0.29) is 0 Å². The van der Waals surface area contributed by atoms with Gasteiger partial charge in [-0.2, -0.15) is 0 Å². The molecular weight excluding hydrogens is 178 g/mol. The maximum Gasteiger partial charge on any atom is 0.211 e. The quantitative estimate of drug-likeness (QED) is 0.707. The van der Waals surface area contributed by atoms with E-state index in [1.807, 2.05) is 19.9 Å². The lowest BCUT2D eigenvalue weighted by molar-refractivity contribution is -0.105. The number of hydrogen-bond acceptors (Lipinski definition) is 2. The molecule has 0 aliphatic rings. The molecule has 0 aliphatic heterocycles. The molecule has 0 unspecified atom stereocenters. The third-order valence-corrected chi connectivity index (χ3v) is 2.49. The third kappa shape index (κ3) is 1.16. The molecule has 2 aromatic rings. The van der Waals surface area contributed by atoms with E-state index >= 15 is 0 Å². The number of rotatable bonds is 2. The first-order valence-electron chi connectivity index (χ1n) is 4.37. The standard InChI is InChI=1S/C10H11N3O/c1-6-7(2)10-9(11-4-12-10)3-8(6)13-5-14/h3-5H,1-2H3,(H,11,12)(H,13,14). The van der Waals surface area contributed by atoms with Crippen molar-refractivity contribution in [2.45, 2.75) is 13.8 Å². The zero-order valence-electron chi connectivity index (χ0n) is 8.09. The summed E-state index contributed by atoms with van der Waals surface area (Å²) in [6.45, 7) is 3.96. The molecule has 1 aromatic carbocycles. The number of amides is 1. The van der Waals surface area contributed by atoms with Crippen LogP contribution in [0.3, 0.4) is 0 Å². The Morgan fingerprint density at radius 3 is 2.93 bits per heavy atom. The van der Waals surface area contributed by atoms with Crippen LogP contribution in [0.2, 0.25) is 0 Å². The minimum atomic E-state index is 0.684. The average Bonchev–Trinajstić information content (AvgIpc) is 2.62. The Balaban J connectivity index is 2.73. The summed E-state index contributed by atoms with van der Waals surface area (Å²) in [6.07, 6.45) is 2.34. The Morgan fingerprint density at radius 1 is 1.43 bits per heavy atom. The second-order valence-corrected chi connectivity index (χ2v) is 3.24. The molecule has 72 valence electrons. The van der Waals surface area contributed by atoms with E-state index in [1.54, 1.807) is 6.33 Å². The number of carbonyl (C=O) groups is 1. The lowest BCUT2D eigenvalue weighted by Crippen LogP contribution is -1.98. The van der Waals surface area contributed by atoms with E-state index < -0.39 is 0 Å². The summed E-state index contributed by atoms with van der Waals surface area (Å²) in [5.41, 5.74) is 4.87. The summed E-state index contributed by atoms with van der Waals surface area (Å²) in [6, 6.07) is 1.89. The van der Waals surface area contributed by atoms with Crippen molar-refractivity contribution >= 4 is 23.1 Å². The molecule has 0 saturated carbocycles. The van der Waals surface area contributed by atoms with E-state index in [4.69, 9.17) is 0 Å². The molecule has 1 amide bonds. The van der Waals surface area contributed by atoms with Crippen LogP contribution in [0.5, 0.6) is 0 Å². The highest BCUT2D eigenvalue weighted by Crippen LogP contribution is 2.25. The van der Waals surface area contributed by atoms with Gasteiger partial charge in [-0.1, -0.05) is 0 Å². The molecule has 0 fully saturated rings. The maximum atomic E-state index is 10.4. The summed E-state index contributed by atoms with van der Waals surface area (Å²) in [5, 5.41) is 2.67. The van der Waals surface area contributed by atoms with Gasteiger partial charge in [-0.05, 0) is 31.0 Å². The van der Waals surface area contributed by atoms with Gasteiger partial charge in [0.25, 0.3) is 0 Å². The summed E-state index contributed by atoms with van der Waals surface area (Å²) < 4.78 is 0. The number of imidazole rings is 1. The first-order valence-corrected chi connectivity index (χ1v) is 4.37. The molecule has 1 aromatic heterocycles. The Labute approximate surface area is 81.3 Å². The number of H-pyrrole nitrogens is 1. The van der Waals surface area contributed by atoms with Gasteiger partial charge in [0.2, 0.25) is 6.41 Å². The zero-order valence-corrected chi connectivity index (χ0v) is 8.09. The second kappa shape index (κ2) is 3.14. The van der Waals surface area contributed by atoms with Gasteiger partial charge in [-0.15, -0.1) is 0 Å². The summed E-state index contributed by atoms with van der Waals surface area (Å²) in [7, 11) is 0. The molecule has 0 spiro atoms. The Kier molecular flexibility index (Phi) is 1.96. The van der Waals surface area contributed by atoms with Gasteiger partial charge >= 0.3 is 0 Å². The van der Waals surface area contributed by atoms with Crippen LogP contribution in [0, 0.1) is 13.8 Å². The number of aromatic nitrogens is 2. The van der Waals surface area contributed by atoms with Gasteiger partial charge in [0.1, 0.15) is 0 Å². The van der Waals surface area contributed by atoms with Crippen molar-refractivity contribution in [3.05, 3.63) is 23.5 Å². The molecule has 0 atom stereocenters. The zero-order chi connectivity index (χ0) is 10.1. The van der Waals surface area contributed by atoms with E-state index in [9.17, 15) is 4.79 Å². The van der Waals surface area contributed by atoms with Crippen LogP contribution in [-0.2, 0) is 4.79 Å². The Bertz CT molecular complexity index is 487. The molecule has 0 radical (unpaired) electrons. The van der Waals surface area contributed by atoms with Crippen LogP contribution in [0.25, 0.3) is 11.0 Å². The molecular formula is C10H11N3O. The maximum absolute atomic E-state index is 10.4. The van der Waals surface area contributed by atoms with Crippen LogP contribution in [0.1, 0.15) is 11.1 Å². The van der Waals surface area contributed by atoms with Crippen LogP contribution in [0.15, 0.2) is 12.4 Å². The molecule has 14 heavy (non-hydrogen) atoms. The Hall–Kier alpha value is -1.84. The summed E-state index contributed by atoms with van der Waals surface area (Å²) in [4.78, 5) is 17.6. The fourth-order valence-electron chi connectivity index (χ4n) is 1.56. The lowest BCUT2D eigenvalue weighted by atomic mass is 10.1. The largest absolute Gasteiger partial charge is 0.345 e. The molecule has 1 heterocycles. The van der Waals surface area contributed by atoms with E-state index in [0.717, 1.165) is 27.8 Å². The van der Waals surface area contributed by atoms with Gasteiger partial charge < -0.3 is 10.3 Å². The summed E-state index contributed by atoms with van der Waals surface area (Å²) in [5.74, 6) is 0. The minimum absolute atomic E-state index is 0.684. The molecule has 2 rings (SSSR count). The molecule has 4 nitrogen and oxygen atoms in total. The number of aryl methyl sites for hydroxylation is 1. The summed E-state index contributed by atoms with van der Waals surface area (Å²) >= 11 is 0. The Morgan fingerprint density at radius 2 is 2.21 bits per heavy atom. The number of nitrogens with zero attached hydrogens (tertiary/aromatic N) is 1. The highest BCUT2D eigenvalue weighted by molar-refractivity contribution is 5.87. The van der Waals surface area contributed by atoms with Gasteiger partial charge in [0.05, 0.1) is 17.4 Å². The van der Waals surface area contributed by atoms with Crippen molar-refractivity contribution < 1.29 is 4.79 Å². The number of anilines is 1. The number of hydrogen-bond donors (Lipinski definition) is 2. The van der Waals surface area contributed by atoms with Gasteiger partial charge in [-0.3, -0.25) is 4.79 Å². The van der Waals surface area contributed by atoms with Crippen LogP contribution in [-0.4, -0.2) is 16.4 Å². The normalized spacial score (nSPS) is 10.4. The van der Waals surface area contributed by atoms with Crippen LogP contribution >= 0.6 is 0 Å². The van der Waals surface area contributed by atoms with Crippen molar-refractivity contribution in [2.24, 2.45) is 0 Å². The second-order valence-electron chi connectivity index (χ2n) is 3.24. The van der Waals surface area contributed by atoms with E-state index in [1.165, 1.54) is 0 Å². The first-order chi connectivity index (χ1) is 6.74. The van der Waals surface area contributed by atoms with Crippen molar-refractivity contribution in [2.75, 3.05) is 5.32 Å². The first kappa shape index (κ1) is 8.74. The average molecular weight is 189 g/mol. The number of fused-ring (bicyclic) bond motifs is 1. The van der Waals surface area contributed by atoms with Crippen LogP contribution in [0.4, 0.5) is 5.69 Å². The molecule has 0 aliphatic carbocycles. The number of benzene rings is 1. The van der Waals surface area contributed by atoms with Gasteiger partial charge in [0.15, 0.2) is 0 Å². The van der Waals surface area contributed by atoms with E-state index in [2.05, 4.69) is 15.3 Å². The van der Waals surface area contributed by atoms with E-state index in [0.29, 0.717) is 6.41 Å². The number of aromatic amines is 1. The number of carbonyl (C=O) groups excluding carboxylic acids is 1. The smallest absolute Gasteiger partial charge is 0.211 e. The van der Waals surface area contributed by atoms with Crippen molar-refractivity contribution in [1.29, 1.82) is 0 Å². The fraction of sp³-hybridized carbons (Fsp3) is 0.200. The van der Waals surface area contributed by atoms with Crippen LogP contribution < -0.4 is 5.32 Å².